The lowest BCUT2D eigenvalue weighted by atomic mass is 9.83. The number of aliphatic imine (C=N–C) groups is 1. The maximum absolute atomic E-state index is 13.4. The van der Waals surface area contributed by atoms with Gasteiger partial charge in [-0.15, -0.1) is 0 Å². The molecule has 0 aliphatic carbocycles. The van der Waals surface area contributed by atoms with Crippen molar-refractivity contribution in [3.05, 3.63) is 79.5 Å². The summed E-state index contributed by atoms with van der Waals surface area (Å²) in [4.78, 5) is 30.2. The van der Waals surface area contributed by atoms with Gasteiger partial charge in [0, 0.05) is 16.8 Å². The number of fused-ring (bicyclic) bond motifs is 1. The summed E-state index contributed by atoms with van der Waals surface area (Å²) in [7, 11) is 2.55. The number of halogens is 1. The van der Waals surface area contributed by atoms with Crippen molar-refractivity contribution in [1.82, 2.24) is 0 Å². The molecule has 0 saturated carbocycles. The first-order valence-electron chi connectivity index (χ1n) is 10.4. The van der Waals surface area contributed by atoms with Gasteiger partial charge in [-0.2, -0.15) is 0 Å². The summed E-state index contributed by atoms with van der Waals surface area (Å²) < 4.78 is 23.9. The van der Waals surface area contributed by atoms with E-state index >= 15 is 0 Å². The van der Waals surface area contributed by atoms with Crippen LogP contribution in [0.15, 0.2) is 67.6 Å². The molecule has 0 aromatic heterocycles. The van der Waals surface area contributed by atoms with Crippen molar-refractivity contribution in [3.8, 4) is 0 Å². The van der Waals surface area contributed by atoms with Crippen LogP contribution in [0.25, 0.3) is 5.57 Å². The first kappa shape index (κ1) is 24.1. The van der Waals surface area contributed by atoms with Gasteiger partial charge in [0.15, 0.2) is 0 Å². The summed E-state index contributed by atoms with van der Waals surface area (Å²) in [5.41, 5.74) is 3.73. The molecular weight excluding hydrogens is 475 g/mol. The molecule has 0 amide bonds. The minimum atomic E-state index is -0.597. The van der Waals surface area contributed by atoms with Crippen LogP contribution in [0.5, 0.6) is 0 Å². The smallest absolute Gasteiger partial charge is 0.346 e. The Morgan fingerprint density at radius 3 is 2.15 bits per heavy atom. The highest BCUT2D eigenvalue weighted by Gasteiger charge is 2.40. The van der Waals surface area contributed by atoms with Crippen molar-refractivity contribution < 1.29 is 23.5 Å². The molecule has 0 unspecified atom stereocenters. The van der Waals surface area contributed by atoms with Crippen molar-refractivity contribution in [3.63, 3.8) is 0 Å². The van der Waals surface area contributed by atoms with Crippen LogP contribution in [0.2, 0.25) is 0 Å². The highest BCUT2D eigenvalue weighted by atomic mass is 32.2. The number of carbonyl (C=O) groups excluding carboxylic acids is 2. The number of ether oxygens (including phenoxy) is 2. The predicted octanol–water partition coefficient (Wildman–Crippen LogP) is 5.38. The lowest BCUT2D eigenvalue weighted by Crippen LogP contribution is -2.44. The Kier molecular flexibility index (Phi) is 6.86. The highest BCUT2D eigenvalue weighted by molar-refractivity contribution is 8.29. The number of para-hydroxylation sites is 1. The largest absolute Gasteiger partial charge is 0.465 e. The summed E-state index contributed by atoms with van der Waals surface area (Å²) in [6, 6.07) is 14.0. The zero-order valence-corrected chi connectivity index (χ0v) is 20.7. The number of nitrogens with one attached hydrogen (secondary N) is 1. The summed E-state index contributed by atoms with van der Waals surface area (Å²) in [5, 5.41) is 3.54. The molecule has 0 spiro atoms. The number of nitrogens with zero attached hydrogens (tertiary/aromatic N) is 1. The Bertz CT molecular complexity index is 1220. The number of methoxy groups -OCH3 is 2. The van der Waals surface area contributed by atoms with Crippen LogP contribution < -0.4 is 5.32 Å². The van der Waals surface area contributed by atoms with Gasteiger partial charge in [-0.1, -0.05) is 53.9 Å². The molecule has 2 aliphatic rings. The highest BCUT2D eigenvalue weighted by Crippen LogP contribution is 2.55. The molecule has 0 bridgehead atoms. The lowest BCUT2D eigenvalue weighted by molar-refractivity contribution is -0.138. The maximum atomic E-state index is 13.4. The molecule has 0 fully saturated rings. The van der Waals surface area contributed by atoms with Gasteiger partial charge in [-0.25, -0.2) is 14.0 Å². The van der Waals surface area contributed by atoms with Gasteiger partial charge in [0.1, 0.15) is 15.6 Å². The third-order valence-corrected chi connectivity index (χ3v) is 7.90. The monoisotopic (exact) mass is 498 g/mol. The molecule has 0 saturated heterocycles. The first-order chi connectivity index (χ1) is 16.2. The van der Waals surface area contributed by atoms with E-state index in [0.717, 1.165) is 32.3 Å². The van der Waals surface area contributed by atoms with Gasteiger partial charge < -0.3 is 14.8 Å². The zero-order valence-electron chi connectivity index (χ0n) is 19.1. The summed E-state index contributed by atoms with van der Waals surface area (Å²) >= 11 is 2.36. The SMILES string of the molecule is COC(=O)C1=C(C(=O)OC)SC(=C2C(=NCc3ccc(F)cc3)C(C)(C)Nc3ccccc32)S1. The van der Waals surface area contributed by atoms with E-state index in [1.807, 2.05) is 38.1 Å². The summed E-state index contributed by atoms with van der Waals surface area (Å²) in [6.45, 7) is 4.39. The van der Waals surface area contributed by atoms with Crippen molar-refractivity contribution >= 4 is 52.4 Å². The maximum Gasteiger partial charge on any atom is 0.346 e. The second kappa shape index (κ2) is 9.68. The van der Waals surface area contributed by atoms with E-state index < -0.39 is 17.5 Å². The molecule has 6 nitrogen and oxygen atoms in total. The Morgan fingerprint density at radius 2 is 1.56 bits per heavy atom. The fourth-order valence-corrected chi connectivity index (χ4v) is 6.33. The topological polar surface area (TPSA) is 77.0 Å². The zero-order chi connectivity index (χ0) is 24.5. The molecule has 176 valence electrons. The van der Waals surface area contributed by atoms with Crippen molar-refractivity contribution in [2.24, 2.45) is 4.99 Å². The molecule has 0 atom stereocenters. The van der Waals surface area contributed by atoms with Crippen LogP contribution in [0.1, 0.15) is 25.0 Å². The van der Waals surface area contributed by atoms with Gasteiger partial charge in [0.25, 0.3) is 0 Å². The Hall–Kier alpha value is -3.04. The van der Waals surface area contributed by atoms with E-state index in [9.17, 15) is 14.0 Å². The van der Waals surface area contributed by atoms with Crippen molar-refractivity contribution in [2.75, 3.05) is 19.5 Å². The Balaban J connectivity index is 1.86. The third kappa shape index (κ3) is 4.63. The molecule has 4 rings (SSSR count). The minimum Gasteiger partial charge on any atom is -0.465 e. The van der Waals surface area contributed by atoms with Crippen LogP contribution in [0, 0.1) is 5.82 Å². The van der Waals surface area contributed by atoms with Gasteiger partial charge in [-0.05, 0) is 37.6 Å². The second-order valence-electron chi connectivity index (χ2n) is 8.09. The molecule has 34 heavy (non-hydrogen) atoms. The molecule has 2 heterocycles. The number of thioether (sulfide) groups is 2. The van der Waals surface area contributed by atoms with Crippen LogP contribution in [0.4, 0.5) is 10.1 Å². The van der Waals surface area contributed by atoms with Gasteiger partial charge in [0.05, 0.1) is 36.3 Å². The van der Waals surface area contributed by atoms with Crippen LogP contribution in [0.3, 0.4) is 0 Å². The molecule has 2 aliphatic heterocycles. The number of carbonyl (C=O) groups is 2. The predicted molar refractivity (Wildman–Crippen MR) is 135 cm³/mol. The number of hydrogen-bond donors (Lipinski definition) is 1. The minimum absolute atomic E-state index is 0.188. The van der Waals surface area contributed by atoms with E-state index in [-0.39, 0.29) is 15.6 Å². The average Bonchev–Trinajstić information content (AvgIpc) is 3.27. The lowest BCUT2D eigenvalue weighted by Gasteiger charge is -2.37. The molecular formula is C25H23FN2O4S2. The number of esters is 2. The molecule has 2 aromatic rings. The van der Waals surface area contributed by atoms with E-state index in [1.54, 1.807) is 12.1 Å². The van der Waals surface area contributed by atoms with E-state index in [1.165, 1.54) is 49.9 Å². The van der Waals surface area contributed by atoms with Crippen LogP contribution >= 0.6 is 23.5 Å². The van der Waals surface area contributed by atoms with Gasteiger partial charge in [-0.3, -0.25) is 4.99 Å². The second-order valence-corrected chi connectivity index (χ2v) is 10.4. The molecule has 0 radical (unpaired) electrons. The quantitative estimate of drug-likeness (QED) is 0.568. The standard InChI is InChI=1S/C25H23FN2O4S2/c1-25(2)21(27-13-14-9-11-15(26)12-10-14)18(16-7-5-6-8-17(16)28-25)24-33-19(22(29)31-3)20(34-24)23(30)32-4/h5-12,28H,13H2,1-4H3. The van der Waals surface area contributed by atoms with Crippen LogP contribution in [-0.4, -0.2) is 37.4 Å². The Labute approximate surface area is 205 Å². The summed E-state index contributed by atoms with van der Waals surface area (Å²) in [6.07, 6.45) is 0. The van der Waals surface area contributed by atoms with E-state index in [2.05, 4.69) is 5.32 Å². The normalized spacial score (nSPS) is 18.0. The molecule has 9 heteroatoms. The van der Waals surface area contributed by atoms with Crippen molar-refractivity contribution in [1.29, 1.82) is 0 Å². The number of anilines is 1. The third-order valence-electron chi connectivity index (χ3n) is 5.35. The molecule has 2 aromatic carbocycles. The Morgan fingerprint density at radius 1 is 0.971 bits per heavy atom. The number of rotatable bonds is 4. The van der Waals surface area contributed by atoms with Crippen molar-refractivity contribution in [2.45, 2.75) is 25.9 Å². The average molecular weight is 499 g/mol. The fourth-order valence-electron chi connectivity index (χ4n) is 3.74. The van der Waals surface area contributed by atoms with Gasteiger partial charge >= 0.3 is 11.9 Å². The van der Waals surface area contributed by atoms with E-state index in [4.69, 9.17) is 14.5 Å². The van der Waals surface area contributed by atoms with E-state index in [0.29, 0.717) is 6.54 Å². The number of hydrogen-bond acceptors (Lipinski definition) is 8. The first-order valence-corrected chi connectivity index (χ1v) is 12.1. The number of benzene rings is 2. The van der Waals surface area contributed by atoms with Gasteiger partial charge in [0.2, 0.25) is 0 Å². The summed E-state index contributed by atoms with van der Waals surface area (Å²) in [5.74, 6) is -1.50. The fraction of sp³-hybridized carbons (Fsp3) is 0.240. The van der Waals surface area contributed by atoms with Crippen LogP contribution in [-0.2, 0) is 25.6 Å². The molecule has 1 N–H and O–H groups in total.